The van der Waals surface area contributed by atoms with Crippen LogP contribution in [0.3, 0.4) is 0 Å². The summed E-state index contributed by atoms with van der Waals surface area (Å²) >= 11 is 0. The van der Waals surface area contributed by atoms with Crippen LogP contribution < -0.4 is 5.56 Å². The Labute approximate surface area is 154 Å². The van der Waals surface area contributed by atoms with Crippen LogP contribution in [0, 0.1) is 0 Å². The number of hydrogen-bond acceptors (Lipinski definition) is 2. The third-order valence-electron chi connectivity index (χ3n) is 4.63. The minimum atomic E-state index is -3.49. The summed E-state index contributed by atoms with van der Waals surface area (Å²) in [6.07, 6.45) is 0. The van der Waals surface area contributed by atoms with E-state index in [4.69, 9.17) is 0 Å². The molecule has 0 saturated heterocycles. The maximum Gasteiger partial charge on any atom is 0.320 e. The van der Waals surface area contributed by atoms with Gasteiger partial charge in [0.2, 0.25) is 0 Å². The Bertz CT molecular complexity index is 1170. The van der Waals surface area contributed by atoms with Gasteiger partial charge in [0.1, 0.15) is 0 Å². The highest BCUT2D eigenvalue weighted by Gasteiger charge is 2.39. The minimum absolute atomic E-state index is 0.262. The van der Waals surface area contributed by atoms with Gasteiger partial charge in [0.05, 0.1) is 11.0 Å². The highest BCUT2D eigenvalue weighted by molar-refractivity contribution is 5.74. The first-order chi connectivity index (χ1) is 13.0. The first-order valence-corrected chi connectivity index (χ1v) is 8.48. The summed E-state index contributed by atoms with van der Waals surface area (Å²) in [5.41, 5.74) is 0.808. The van der Waals surface area contributed by atoms with E-state index >= 15 is 8.78 Å². The normalized spacial score (nSPS) is 11.7. The summed E-state index contributed by atoms with van der Waals surface area (Å²) in [6.45, 7) is 0. The van der Waals surface area contributed by atoms with Crippen LogP contribution in [-0.2, 0) is 13.0 Å². The second kappa shape index (κ2) is 6.43. The van der Waals surface area contributed by atoms with Crippen molar-refractivity contribution in [2.24, 2.45) is 7.05 Å². The zero-order valence-corrected chi connectivity index (χ0v) is 14.6. The van der Waals surface area contributed by atoms with Gasteiger partial charge in [-0.05, 0) is 23.3 Å². The molecule has 0 unspecified atom stereocenters. The average Bonchev–Trinajstić information content (AvgIpc) is 2.71. The highest BCUT2D eigenvalue weighted by atomic mass is 19.3. The number of rotatable bonds is 3. The molecule has 134 valence electrons. The van der Waals surface area contributed by atoms with E-state index in [1.165, 1.54) is 23.7 Å². The van der Waals surface area contributed by atoms with E-state index in [0.29, 0.717) is 11.0 Å². The van der Waals surface area contributed by atoms with Gasteiger partial charge in [-0.3, -0.25) is 4.79 Å². The summed E-state index contributed by atoms with van der Waals surface area (Å²) in [5, 5.41) is 0. The molecule has 0 radical (unpaired) electrons. The molecule has 0 aliphatic heterocycles. The van der Waals surface area contributed by atoms with Gasteiger partial charge in [-0.25, -0.2) is 4.98 Å². The molecule has 0 atom stereocenters. The third-order valence-corrected chi connectivity index (χ3v) is 4.63. The maximum atomic E-state index is 15.1. The molecule has 0 aliphatic carbocycles. The van der Waals surface area contributed by atoms with Crippen molar-refractivity contribution < 1.29 is 8.78 Å². The van der Waals surface area contributed by atoms with E-state index in [9.17, 15) is 4.79 Å². The Morgan fingerprint density at radius 1 is 0.815 bits per heavy atom. The molecule has 5 heteroatoms. The zero-order valence-electron chi connectivity index (χ0n) is 14.6. The lowest BCUT2D eigenvalue weighted by Gasteiger charge is -2.18. The van der Waals surface area contributed by atoms with Crippen LogP contribution >= 0.6 is 0 Å². The van der Waals surface area contributed by atoms with Gasteiger partial charge in [0.25, 0.3) is 5.56 Å². The van der Waals surface area contributed by atoms with Crippen molar-refractivity contribution in [1.29, 1.82) is 0 Å². The van der Waals surface area contributed by atoms with E-state index in [-0.39, 0.29) is 5.56 Å². The predicted octanol–water partition coefficient (Wildman–Crippen LogP) is 4.74. The van der Waals surface area contributed by atoms with Crippen LogP contribution in [0.2, 0.25) is 0 Å². The quantitative estimate of drug-likeness (QED) is 0.528. The smallest absolute Gasteiger partial charge is 0.308 e. The lowest BCUT2D eigenvalue weighted by Crippen LogP contribution is -2.32. The largest absolute Gasteiger partial charge is 0.320 e. The van der Waals surface area contributed by atoms with Gasteiger partial charge in [-0.15, -0.1) is 0 Å². The Balaban J connectivity index is 1.81. The summed E-state index contributed by atoms with van der Waals surface area (Å²) in [6, 6.07) is 22.2. The summed E-state index contributed by atoms with van der Waals surface area (Å²) in [4.78, 5) is 16.5. The third kappa shape index (κ3) is 2.91. The number of benzene rings is 3. The molecule has 27 heavy (non-hydrogen) atoms. The number of fused-ring (bicyclic) bond motifs is 1. The van der Waals surface area contributed by atoms with E-state index < -0.39 is 17.2 Å². The summed E-state index contributed by atoms with van der Waals surface area (Å²) in [7, 11) is 1.48. The van der Waals surface area contributed by atoms with Crippen molar-refractivity contribution in [2.45, 2.75) is 5.92 Å². The SMILES string of the molecule is Cn1c(=O)c(C(F)(F)c2ccc(-c3ccccc3)cc2)nc2ccccc21. The molecule has 0 amide bonds. The van der Waals surface area contributed by atoms with Crippen molar-refractivity contribution in [3.63, 3.8) is 0 Å². The lowest BCUT2D eigenvalue weighted by molar-refractivity contribution is 0.0363. The van der Waals surface area contributed by atoms with Crippen LogP contribution in [-0.4, -0.2) is 9.55 Å². The van der Waals surface area contributed by atoms with Gasteiger partial charge in [-0.1, -0.05) is 66.7 Å². The summed E-state index contributed by atoms with van der Waals surface area (Å²) < 4.78 is 31.4. The first kappa shape index (κ1) is 17.1. The molecule has 0 N–H and O–H groups in total. The highest BCUT2D eigenvalue weighted by Crippen LogP contribution is 2.34. The number of nitrogens with zero attached hydrogens (tertiary/aromatic N) is 2. The molecule has 0 fully saturated rings. The number of aromatic nitrogens is 2. The second-order valence-corrected chi connectivity index (χ2v) is 6.33. The van der Waals surface area contributed by atoms with E-state index in [1.54, 1.807) is 36.4 Å². The van der Waals surface area contributed by atoms with Gasteiger partial charge < -0.3 is 4.57 Å². The van der Waals surface area contributed by atoms with Crippen LogP contribution in [0.4, 0.5) is 8.78 Å². The Morgan fingerprint density at radius 3 is 2.11 bits per heavy atom. The van der Waals surface area contributed by atoms with E-state index in [1.807, 2.05) is 30.3 Å². The van der Waals surface area contributed by atoms with Gasteiger partial charge >= 0.3 is 5.92 Å². The zero-order chi connectivity index (χ0) is 19.0. The van der Waals surface area contributed by atoms with Crippen molar-refractivity contribution >= 4 is 11.0 Å². The second-order valence-electron chi connectivity index (χ2n) is 6.33. The Morgan fingerprint density at radius 2 is 1.41 bits per heavy atom. The van der Waals surface area contributed by atoms with Gasteiger partial charge in [0, 0.05) is 12.6 Å². The molecule has 1 heterocycles. The van der Waals surface area contributed by atoms with Gasteiger partial charge in [0.15, 0.2) is 5.69 Å². The topological polar surface area (TPSA) is 34.9 Å². The first-order valence-electron chi connectivity index (χ1n) is 8.48. The Kier molecular flexibility index (Phi) is 4.07. The fourth-order valence-electron chi connectivity index (χ4n) is 3.12. The average molecular weight is 362 g/mol. The lowest BCUT2D eigenvalue weighted by atomic mass is 10.00. The van der Waals surface area contributed by atoms with Crippen molar-refractivity contribution in [3.05, 3.63) is 100 Å². The van der Waals surface area contributed by atoms with E-state index in [2.05, 4.69) is 4.98 Å². The van der Waals surface area contributed by atoms with Crippen molar-refractivity contribution in [1.82, 2.24) is 9.55 Å². The molecule has 4 rings (SSSR count). The predicted molar refractivity (Wildman–Crippen MR) is 102 cm³/mol. The molecule has 0 spiro atoms. The molecular weight excluding hydrogens is 346 g/mol. The van der Waals surface area contributed by atoms with E-state index in [0.717, 1.165) is 11.1 Å². The van der Waals surface area contributed by atoms with Crippen LogP contribution in [0.25, 0.3) is 22.2 Å². The van der Waals surface area contributed by atoms with Crippen molar-refractivity contribution in [3.8, 4) is 11.1 Å². The number of halogens is 2. The monoisotopic (exact) mass is 362 g/mol. The van der Waals surface area contributed by atoms with Crippen molar-refractivity contribution in [2.75, 3.05) is 0 Å². The fraction of sp³-hybridized carbons (Fsp3) is 0.0909. The van der Waals surface area contributed by atoms with Gasteiger partial charge in [-0.2, -0.15) is 8.78 Å². The van der Waals surface area contributed by atoms with Crippen LogP contribution in [0.1, 0.15) is 11.3 Å². The molecule has 0 aliphatic rings. The number of alkyl halides is 2. The molecule has 0 bridgehead atoms. The van der Waals surface area contributed by atoms with Crippen LogP contribution in [0.15, 0.2) is 83.7 Å². The number of hydrogen-bond donors (Lipinski definition) is 0. The molecular formula is C22H16F2N2O. The summed E-state index contributed by atoms with van der Waals surface area (Å²) in [5.74, 6) is -3.49. The standard InChI is InChI=1S/C22H16F2N2O/c1-26-19-10-6-5-9-18(19)25-20(21(26)27)22(23,24)17-13-11-16(12-14-17)15-7-3-2-4-8-15/h2-14H,1H3. The molecule has 0 saturated carbocycles. The maximum absolute atomic E-state index is 15.1. The molecule has 3 nitrogen and oxygen atoms in total. The number of aryl methyl sites for hydroxylation is 1. The minimum Gasteiger partial charge on any atom is -0.308 e. The molecule has 1 aromatic heterocycles. The van der Waals surface area contributed by atoms with Crippen LogP contribution in [0.5, 0.6) is 0 Å². The fourth-order valence-corrected chi connectivity index (χ4v) is 3.12. The molecule has 4 aromatic rings. The molecule has 3 aromatic carbocycles. The Hall–Kier alpha value is -3.34. The number of para-hydroxylation sites is 2.